The number of hydrogen-bond donors (Lipinski definition) is 0. The standard InChI is InChI=1S/C16H18O3/c1-11-7-4-5-9-13(11)14(17)16(15(18)19-3)10-6-8-12(16)2/h4-5,7,9H,2,6,8,10H2,1,3H3. The van der Waals surface area contributed by atoms with Gasteiger partial charge in [0.2, 0.25) is 0 Å². The molecule has 0 spiro atoms. The van der Waals surface area contributed by atoms with Crippen molar-refractivity contribution in [2.75, 3.05) is 7.11 Å². The number of aryl methyl sites for hydroxylation is 1. The molecule has 0 bridgehead atoms. The van der Waals surface area contributed by atoms with Gasteiger partial charge in [-0.05, 0) is 31.7 Å². The molecular weight excluding hydrogens is 240 g/mol. The SMILES string of the molecule is C=C1CCCC1(C(=O)OC)C(=O)c1ccccc1C. The molecule has 0 amide bonds. The Balaban J connectivity index is 2.52. The molecule has 3 nitrogen and oxygen atoms in total. The van der Waals surface area contributed by atoms with Gasteiger partial charge in [-0.25, -0.2) is 0 Å². The van der Waals surface area contributed by atoms with E-state index in [0.717, 1.165) is 12.0 Å². The molecule has 100 valence electrons. The highest BCUT2D eigenvalue weighted by atomic mass is 16.5. The lowest BCUT2D eigenvalue weighted by Crippen LogP contribution is -2.39. The van der Waals surface area contributed by atoms with Gasteiger partial charge in [-0.15, -0.1) is 0 Å². The lowest BCUT2D eigenvalue weighted by atomic mass is 9.75. The Bertz CT molecular complexity index is 545. The summed E-state index contributed by atoms with van der Waals surface area (Å²) in [7, 11) is 1.32. The molecule has 1 aromatic rings. The molecule has 0 saturated heterocycles. The highest BCUT2D eigenvalue weighted by Gasteiger charge is 2.52. The third-order valence-electron chi connectivity index (χ3n) is 3.95. The molecule has 19 heavy (non-hydrogen) atoms. The predicted molar refractivity (Wildman–Crippen MR) is 72.9 cm³/mol. The van der Waals surface area contributed by atoms with Crippen LogP contribution in [0.3, 0.4) is 0 Å². The number of benzene rings is 1. The Hall–Kier alpha value is -1.90. The molecule has 0 radical (unpaired) electrons. The molecule has 2 rings (SSSR count). The van der Waals surface area contributed by atoms with Gasteiger partial charge in [0.1, 0.15) is 0 Å². The van der Waals surface area contributed by atoms with Crippen molar-refractivity contribution in [1.29, 1.82) is 0 Å². The van der Waals surface area contributed by atoms with Crippen molar-refractivity contribution < 1.29 is 14.3 Å². The smallest absolute Gasteiger partial charge is 0.323 e. The molecule has 0 aliphatic heterocycles. The van der Waals surface area contributed by atoms with Crippen LogP contribution in [0.4, 0.5) is 0 Å². The largest absolute Gasteiger partial charge is 0.468 e. The summed E-state index contributed by atoms with van der Waals surface area (Å²) < 4.78 is 4.87. The number of Topliss-reactive ketones (excluding diaryl/α,β-unsaturated/α-hetero) is 1. The maximum absolute atomic E-state index is 12.8. The molecular formula is C16H18O3. The second-order valence-electron chi connectivity index (χ2n) is 5.00. The van der Waals surface area contributed by atoms with Gasteiger partial charge >= 0.3 is 5.97 Å². The fraction of sp³-hybridized carbons (Fsp3) is 0.375. The van der Waals surface area contributed by atoms with Crippen LogP contribution in [-0.4, -0.2) is 18.9 Å². The van der Waals surface area contributed by atoms with Gasteiger partial charge in [-0.3, -0.25) is 9.59 Å². The zero-order chi connectivity index (χ0) is 14.0. The van der Waals surface area contributed by atoms with Crippen LogP contribution in [0.2, 0.25) is 0 Å². The summed E-state index contributed by atoms with van der Waals surface area (Å²) in [5, 5.41) is 0. The lowest BCUT2D eigenvalue weighted by Gasteiger charge is -2.26. The number of carbonyl (C=O) groups is 2. The first-order chi connectivity index (χ1) is 9.04. The average molecular weight is 258 g/mol. The van der Waals surface area contributed by atoms with E-state index >= 15 is 0 Å². The lowest BCUT2D eigenvalue weighted by molar-refractivity contribution is -0.147. The van der Waals surface area contributed by atoms with E-state index in [1.54, 1.807) is 6.07 Å². The van der Waals surface area contributed by atoms with Crippen molar-refractivity contribution in [3.63, 3.8) is 0 Å². The maximum Gasteiger partial charge on any atom is 0.323 e. The quantitative estimate of drug-likeness (QED) is 0.362. The molecule has 3 heteroatoms. The third-order valence-corrected chi connectivity index (χ3v) is 3.95. The van der Waals surface area contributed by atoms with Crippen molar-refractivity contribution in [2.45, 2.75) is 26.2 Å². The van der Waals surface area contributed by atoms with Gasteiger partial charge in [0, 0.05) is 5.56 Å². The molecule has 1 fully saturated rings. The number of ether oxygens (including phenoxy) is 1. The number of hydrogen-bond acceptors (Lipinski definition) is 3. The molecule has 0 heterocycles. The summed E-state index contributed by atoms with van der Waals surface area (Å²) in [5.74, 6) is -0.664. The molecule has 0 N–H and O–H groups in total. The van der Waals surface area contributed by atoms with Crippen molar-refractivity contribution in [1.82, 2.24) is 0 Å². The van der Waals surface area contributed by atoms with E-state index in [1.165, 1.54) is 7.11 Å². The Labute approximate surface area is 113 Å². The Kier molecular flexibility index (Phi) is 3.56. The monoisotopic (exact) mass is 258 g/mol. The van der Waals surface area contributed by atoms with Crippen molar-refractivity contribution >= 4 is 11.8 Å². The summed E-state index contributed by atoms with van der Waals surface area (Å²) in [6.45, 7) is 5.80. The zero-order valence-corrected chi connectivity index (χ0v) is 11.4. The molecule has 1 unspecified atom stereocenters. The molecule has 1 aliphatic rings. The fourth-order valence-electron chi connectivity index (χ4n) is 2.80. The van der Waals surface area contributed by atoms with Gasteiger partial charge in [-0.2, -0.15) is 0 Å². The van der Waals surface area contributed by atoms with Crippen molar-refractivity contribution in [3.05, 3.63) is 47.5 Å². The number of carbonyl (C=O) groups excluding carboxylic acids is 2. The van der Waals surface area contributed by atoms with Crippen LogP contribution >= 0.6 is 0 Å². The van der Waals surface area contributed by atoms with E-state index in [9.17, 15) is 9.59 Å². The highest BCUT2D eigenvalue weighted by molar-refractivity contribution is 6.15. The number of esters is 1. The summed E-state index contributed by atoms with van der Waals surface area (Å²) in [5.41, 5.74) is 0.944. The summed E-state index contributed by atoms with van der Waals surface area (Å²) in [4.78, 5) is 25.0. The maximum atomic E-state index is 12.8. The summed E-state index contributed by atoms with van der Waals surface area (Å²) in [6, 6.07) is 7.31. The van der Waals surface area contributed by atoms with Gasteiger partial charge < -0.3 is 4.74 Å². The predicted octanol–water partition coefficient (Wildman–Crippen LogP) is 3.08. The van der Waals surface area contributed by atoms with Crippen molar-refractivity contribution in [2.24, 2.45) is 5.41 Å². The topological polar surface area (TPSA) is 43.4 Å². The Morgan fingerprint density at radius 1 is 1.32 bits per heavy atom. The van der Waals surface area contributed by atoms with E-state index in [-0.39, 0.29) is 5.78 Å². The minimum absolute atomic E-state index is 0.181. The highest BCUT2D eigenvalue weighted by Crippen LogP contribution is 2.45. The first kappa shape index (κ1) is 13.5. The third kappa shape index (κ3) is 1.99. The minimum Gasteiger partial charge on any atom is -0.468 e. The first-order valence-corrected chi connectivity index (χ1v) is 6.41. The van der Waals surface area contributed by atoms with Gasteiger partial charge in [0.15, 0.2) is 11.2 Å². The van der Waals surface area contributed by atoms with Crippen LogP contribution in [0.1, 0.15) is 35.2 Å². The fourth-order valence-corrected chi connectivity index (χ4v) is 2.80. The van der Waals surface area contributed by atoms with Crippen LogP contribution in [0.5, 0.6) is 0 Å². The van der Waals surface area contributed by atoms with Crippen LogP contribution in [0, 0.1) is 12.3 Å². The van der Waals surface area contributed by atoms with Gasteiger partial charge in [0.25, 0.3) is 0 Å². The summed E-state index contributed by atoms with van der Waals surface area (Å²) >= 11 is 0. The minimum atomic E-state index is -1.18. The average Bonchev–Trinajstić information content (AvgIpc) is 2.80. The Morgan fingerprint density at radius 2 is 2.00 bits per heavy atom. The van der Waals surface area contributed by atoms with E-state index in [4.69, 9.17) is 4.74 Å². The summed E-state index contributed by atoms with van der Waals surface area (Å²) in [6.07, 6.45) is 1.99. The van der Waals surface area contributed by atoms with Crippen LogP contribution in [-0.2, 0) is 9.53 Å². The van der Waals surface area contributed by atoms with Crippen LogP contribution in [0.15, 0.2) is 36.4 Å². The molecule has 1 saturated carbocycles. The second kappa shape index (κ2) is 5.00. The van der Waals surface area contributed by atoms with E-state index in [0.29, 0.717) is 24.0 Å². The zero-order valence-electron chi connectivity index (χ0n) is 11.4. The molecule has 1 atom stereocenters. The van der Waals surface area contributed by atoms with Gasteiger partial charge in [0.05, 0.1) is 7.11 Å². The van der Waals surface area contributed by atoms with E-state index in [1.807, 2.05) is 25.1 Å². The van der Waals surface area contributed by atoms with E-state index in [2.05, 4.69) is 6.58 Å². The number of ketones is 1. The van der Waals surface area contributed by atoms with E-state index < -0.39 is 11.4 Å². The normalized spacial score (nSPS) is 22.3. The second-order valence-corrected chi connectivity index (χ2v) is 5.00. The Morgan fingerprint density at radius 3 is 2.53 bits per heavy atom. The van der Waals surface area contributed by atoms with Crippen LogP contribution in [0.25, 0.3) is 0 Å². The number of methoxy groups -OCH3 is 1. The molecule has 0 aromatic heterocycles. The molecule has 1 aromatic carbocycles. The first-order valence-electron chi connectivity index (χ1n) is 6.41. The number of rotatable bonds is 3. The van der Waals surface area contributed by atoms with Crippen LogP contribution < -0.4 is 0 Å². The van der Waals surface area contributed by atoms with Gasteiger partial charge in [-0.1, -0.05) is 36.4 Å². The van der Waals surface area contributed by atoms with Crippen molar-refractivity contribution in [3.8, 4) is 0 Å². The molecule has 1 aliphatic carbocycles.